The summed E-state index contributed by atoms with van der Waals surface area (Å²) in [7, 11) is 1.73. The summed E-state index contributed by atoms with van der Waals surface area (Å²) in [6.07, 6.45) is 1.69. The molecule has 0 aliphatic heterocycles. The Balaban J connectivity index is 2.29. The van der Waals surface area contributed by atoms with Gasteiger partial charge in [-0.3, -0.25) is 4.99 Å². The van der Waals surface area contributed by atoms with Crippen LogP contribution in [0.15, 0.2) is 53.5 Å². The van der Waals surface area contributed by atoms with Crippen LogP contribution in [0.3, 0.4) is 0 Å². The van der Waals surface area contributed by atoms with Gasteiger partial charge in [-0.25, -0.2) is 4.39 Å². The minimum absolute atomic E-state index is 0.198. The maximum Gasteiger partial charge on any atom is 0.131 e. The van der Waals surface area contributed by atoms with Gasteiger partial charge < -0.3 is 5.32 Å². The lowest BCUT2D eigenvalue weighted by Crippen LogP contribution is -2.35. The van der Waals surface area contributed by atoms with Crippen molar-refractivity contribution in [3.63, 3.8) is 0 Å². The van der Waals surface area contributed by atoms with Crippen LogP contribution in [0.5, 0.6) is 0 Å². The highest BCUT2D eigenvalue weighted by molar-refractivity contribution is 5.64. The molecule has 2 rings (SSSR count). The SMILES string of the molecule is CN=CNC(C)(C)c1ccc(-c2ccccc2F)cc1. The van der Waals surface area contributed by atoms with Crippen molar-refractivity contribution in [2.45, 2.75) is 19.4 Å². The average Bonchev–Trinajstić information content (AvgIpc) is 2.46. The fraction of sp³-hybridized carbons (Fsp3) is 0.235. The van der Waals surface area contributed by atoms with Crippen LogP contribution >= 0.6 is 0 Å². The van der Waals surface area contributed by atoms with Gasteiger partial charge in [-0.2, -0.15) is 0 Å². The fourth-order valence-electron chi connectivity index (χ4n) is 2.07. The van der Waals surface area contributed by atoms with Crippen LogP contribution in [0.25, 0.3) is 11.1 Å². The highest BCUT2D eigenvalue weighted by Crippen LogP contribution is 2.26. The molecule has 0 bridgehead atoms. The molecule has 0 heterocycles. The van der Waals surface area contributed by atoms with Gasteiger partial charge in [0.15, 0.2) is 0 Å². The lowest BCUT2D eigenvalue weighted by Gasteiger charge is -2.25. The Morgan fingerprint density at radius 1 is 1.05 bits per heavy atom. The Kier molecular flexibility index (Phi) is 4.18. The lowest BCUT2D eigenvalue weighted by atomic mass is 9.92. The summed E-state index contributed by atoms with van der Waals surface area (Å²) < 4.78 is 13.7. The molecule has 2 nitrogen and oxygen atoms in total. The van der Waals surface area contributed by atoms with Crippen molar-refractivity contribution in [2.24, 2.45) is 4.99 Å². The van der Waals surface area contributed by atoms with Crippen LogP contribution in [0.2, 0.25) is 0 Å². The molecule has 0 fully saturated rings. The first kappa shape index (κ1) is 14.3. The van der Waals surface area contributed by atoms with Gasteiger partial charge in [0.1, 0.15) is 5.82 Å². The highest BCUT2D eigenvalue weighted by atomic mass is 19.1. The van der Waals surface area contributed by atoms with Crippen molar-refractivity contribution in [3.05, 3.63) is 59.9 Å². The van der Waals surface area contributed by atoms with Crippen LogP contribution in [-0.4, -0.2) is 13.4 Å². The predicted octanol–water partition coefficient (Wildman–Crippen LogP) is 3.98. The molecule has 0 saturated heterocycles. The molecular formula is C17H19FN2. The molecule has 0 amide bonds. The first-order valence-electron chi connectivity index (χ1n) is 6.58. The van der Waals surface area contributed by atoms with E-state index in [1.54, 1.807) is 25.5 Å². The number of hydrogen-bond acceptors (Lipinski definition) is 1. The second-order valence-corrected chi connectivity index (χ2v) is 5.21. The minimum atomic E-state index is -0.215. The van der Waals surface area contributed by atoms with Gasteiger partial charge in [0, 0.05) is 12.6 Å². The Labute approximate surface area is 119 Å². The van der Waals surface area contributed by atoms with Crippen LogP contribution < -0.4 is 5.32 Å². The molecule has 0 atom stereocenters. The fourth-order valence-corrected chi connectivity index (χ4v) is 2.07. The van der Waals surface area contributed by atoms with E-state index in [0.29, 0.717) is 5.56 Å². The Hall–Kier alpha value is -2.16. The molecule has 0 aliphatic carbocycles. The zero-order valence-electron chi connectivity index (χ0n) is 12.0. The summed E-state index contributed by atoms with van der Waals surface area (Å²) in [6, 6.07) is 14.7. The molecule has 0 radical (unpaired) electrons. The van der Waals surface area contributed by atoms with Gasteiger partial charge in [-0.1, -0.05) is 42.5 Å². The van der Waals surface area contributed by atoms with E-state index in [1.165, 1.54) is 6.07 Å². The Morgan fingerprint density at radius 2 is 1.70 bits per heavy atom. The summed E-state index contributed by atoms with van der Waals surface area (Å²) >= 11 is 0. The predicted molar refractivity (Wildman–Crippen MR) is 82.4 cm³/mol. The first-order valence-corrected chi connectivity index (χ1v) is 6.58. The number of aliphatic imine (C=N–C) groups is 1. The van der Waals surface area contributed by atoms with E-state index in [0.717, 1.165) is 11.1 Å². The van der Waals surface area contributed by atoms with E-state index in [9.17, 15) is 4.39 Å². The molecule has 1 N–H and O–H groups in total. The normalized spacial score (nSPS) is 11.8. The number of rotatable bonds is 4. The van der Waals surface area contributed by atoms with E-state index < -0.39 is 0 Å². The summed E-state index contributed by atoms with van der Waals surface area (Å²) in [5.74, 6) is -0.198. The summed E-state index contributed by atoms with van der Waals surface area (Å²) in [5, 5.41) is 3.23. The standard InChI is InChI=1S/C17H19FN2/c1-17(2,20-12-19-3)14-10-8-13(9-11-14)15-6-4-5-7-16(15)18/h4-12H,1-3H3,(H,19,20). The number of nitrogens with one attached hydrogen (secondary N) is 1. The summed E-state index contributed by atoms with van der Waals surface area (Å²) in [6.45, 7) is 4.15. The molecule has 0 saturated carbocycles. The highest BCUT2D eigenvalue weighted by Gasteiger charge is 2.18. The van der Waals surface area contributed by atoms with Crippen molar-refractivity contribution >= 4 is 6.34 Å². The maximum absolute atomic E-state index is 13.7. The third-order valence-corrected chi connectivity index (χ3v) is 3.35. The zero-order chi connectivity index (χ0) is 14.6. The van der Waals surface area contributed by atoms with Crippen molar-refractivity contribution in [3.8, 4) is 11.1 Å². The van der Waals surface area contributed by atoms with Crippen LogP contribution in [0, 0.1) is 5.82 Å². The molecule has 0 spiro atoms. The van der Waals surface area contributed by atoms with Gasteiger partial charge in [0.2, 0.25) is 0 Å². The van der Waals surface area contributed by atoms with Gasteiger partial charge in [-0.05, 0) is 31.0 Å². The second-order valence-electron chi connectivity index (χ2n) is 5.21. The van der Waals surface area contributed by atoms with E-state index in [-0.39, 0.29) is 11.4 Å². The maximum atomic E-state index is 13.7. The Bertz CT molecular complexity index is 601. The van der Waals surface area contributed by atoms with Crippen molar-refractivity contribution < 1.29 is 4.39 Å². The largest absolute Gasteiger partial charge is 0.367 e. The van der Waals surface area contributed by atoms with Crippen molar-refractivity contribution in [1.29, 1.82) is 0 Å². The second kappa shape index (κ2) is 5.87. The minimum Gasteiger partial charge on any atom is -0.367 e. The molecular weight excluding hydrogens is 251 g/mol. The molecule has 0 unspecified atom stereocenters. The molecule has 2 aromatic carbocycles. The molecule has 3 heteroatoms. The molecule has 2 aromatic rings. The zero-order valence-corrected chi connectivity index (χ0v) is 12.0. The summed E-state index contributed by atoms with van der Waals surface area (Å²) in [4.78, 5) is 3.94. The summed E-state index contributed by atoms with van der Waals surface area (Å²) in [5.41, 5.74) is 2.41. The van der Waals surface area contributed by atoms with Crippen LogP contribution in [0.1, 0.15) is 19.4 Å². The quantitative estimate of drug-likeness (QED) is 0.659. The van der Waals surface area contributed by atoms with Crippen LogP contribution in [0.4, 0.5) is 4.39 Å². The number of hydrogen-bond donors (Lipinski definition) is 1. The van der Waals surface area contributed by atoms with Crippen molar-refractivity contribution in [2.75, 3.05) is 7.05 Å². The average molecular weight is 270 g/mol. The van der Waals surface area contributed by atoms with E-state index in [2.05, 4.69) is 24.2 Å². The topological polar surface area (TPSA) is 24.4 Å². The van der Waals surface area contributed by atoms with Gasteiger partial charge in [0.25, 0.3) is 0 Å². The molecule has 0 aromatic heterocycles. The molecule has 20 heavy (non-hydrogen) atoms. The first-order chi connectivity index (χ1) is 9.54. The van der Waals surface area contributed by atoms with Gasteiger partial charge in [0.05, 0.1) is 11.9 Å². The number of benzene rings is 2. The monoisotopic (exact) mass is 270 g/mol. The van der Waals surface area contributed by atoms with E-state index in [4.69, 9.17) is 0 Å². The number of nitrogens with zero attached hydrogens (tertiary/aromatic N) is 1. The van der Waals surface area contributed by atoms with Gasteiger partial charge in [-0.15, -0.1) is 0 Å². The third kappa shape index (κ3) is 3.05. The van der Waals surface area contributed by atoms with Crippen LogP contribution in [-0.2, 0) is 5.54 Å². The third-order valence-electron chi connectivity index (χ3n) is 3.35. The number of halogens is 1. The van der Waals surface area contributed by atoms with E-state index >= 15 is 0 Å². The van der Waals surface area contributed by atoms with Gasteiger partial charge >= 0.3 is 0 Å². The smallest absolute Gasteiger partial charge is 0.131 e. The molecule has 104 valence electrons. The lowest BCUT2D eigenvalue weighted by molar-refractivity contribution is 0.492. The molecule has 0 aliphatic rings. The van der Waals surface area contributed by atoms with E-state index in [1.807, 2.05) is 30.3 Å². The van der Waals surface area contributed by atoms with Crippen molar-refractivity contribution in [1.82, 2.24) is 5.32 Å². The Morgan fingerprint density at radius 3 is 2.30 bits per heavy atom.